The fourth-order valence-corrected chi connectivity index (χ4v) is 2.80. The number of para-hydroxylation sites is 1. The number of nitro benzene ring substituents is 1. The molecule has 1 aromatic heterocycles. The first-order valence-electron chi connectivity index (χ1n) is 8.82. The van der Waals surface area contributed by atoms with Gasteiger partial charge >= 0.3 is 0 Å². The third-order valence-electron chi connectivity index (χ3n) is 4.19. The lowest BCUT2D eigenvalue weighted by atomic mass is 10.1. The number of hydrogen-bond donors (Lipinski definition) is 2. The summed E-state index contributed by atoms with van der Waals surface area (Å²) >= 11 is 0. The second-order valence-electron chi connectivity index (χ2n) is 6.14. The zero-order chi connectivity index (χ0) is 20.1. The molecular formula is C21H16N6O2. The molecule has 8 heteroatoms. The van der Waals surface area contributed by atoms with Crippen LogP contribution in [0.25, 0.3) is 10.9 Å². The van der Waals surface area contributed by atoms with Crippen LogP contribution in [-0.4, -0.2) is 15.7 Å². The molecule has 0 unspecified atom stereocenters. The SMILES string of the molecule is O=[N+]([O-])c1cccc(N/N=C(\N=Nc2ccccc2)c2c[nH]c3ccccc23)c1. The zero-order valence-corrected chi connectivity index (χ0v) is 15.2. The number of nitrogens with zero attached hydrogens (tertiary/aromatic N) is 4. The van der Waals surface area contributed by atoms with Gasteiger partial charge in [0.1, 0.15) is 0 Å². The number of hydrogen-bond acceptors (Lipinski definition) is 5. The summed E-state index contributed by atoms with van der Waals surface area (Å²) in [5.74, 6) is 0.345. The molecule has 8 nitrogen and oxygen atoms in total. The first-order chi connectivity index (χ1) is 14.2. The van der Waals surface area contributed by atoms with Crippen LogP contribution >= 0.6 is 0 Å². The fraction of sp³-hybridized carbons (Fsp3) is 0. The Morgan fingerprint density at radius 3 is 2.59 bits per heavy atom. The lowest BCUT2D eigenvalue weighted by molar-refractivity contribution is -0.384. The zero-order valence-electron chi connectivity index (χ0n) is 15.2. The van der Waals surface area contributed by atoms with E-state index in [0.717, 1.165) is 16.5 Å². The van der Waals surface area contributed by atoms with Gasteiger partial charge in [0, 0.05) is 34.8 Å². The number of hydrazone groups is 1. The molecule has 29 heavy (non-hydrogen) atoms. The average Bonchev–Trinajstić information content (AvgIpc) is 3.19. The smallest absolute Gasteiger partial charge is 0.271 e. The van der Waals surface area contributed by atoms with E-state index in [2.05, 4.69) is 25.7 Å². The monoisotopic (exact) mass is 384 g/mol. The van der Waals surface area contributed by atoms with Gasteiger partial charge in [-0.3, -0.25) is 15.5 Å². The van der Waals surface area contributed by atoms with E-state index in [1.54, 1.807) is 12.1 Å². The predicted molar refractivity (Wildman–Crippen MR) is 113 cm³/mol. The Balaban J connectivity index is 1.71. The molecule has 4 rings (SSSR count). The van der Waals surface area contributed by atoms with Crippen molar-refractivity contribution in [3.05, 3.63) is 101 Å². The Morgan fingerprint density at radius 2 is 1.76 bits per heavy atom. The predicted octanol–water partition coefficient (Wildman–Crippen LogP) is 5.63. The molecule has 3 aromatic carbocycles. The number of nitrogens with one attached hydrogen (secondary N) is 2. The highest BCUT2D eigenvalue weighted by Gasteiger charge is 2.11. The third kappa shape index (κ3) is 4.16. The number of non-ortho nitro benzene ring substituents is 1. The topological polar surface area (TPSA) is 108 Å². The molecule has 142 valence electrons. The van der Waals surface area contributed by atoms with Crippen LogP contribution in [0.3, 0.4) is 0 Å². The van der Waals surface area contributed by atoms with E-state index in [-0.39, 0.29) is 5.69 Å². The normalized spacial score (nSPS) is 11.8. The van der Waals surface area contributed by atoms with Gasteiger partial charge in [-0.15, -0.1) is 10.2 Å². The Morgan fingerprint density at radius 1 is 0.966 bits per heavy atom. The van der Waals surface area contributed by atoms with E-state index in [1.807, 2.05) is 60.8 Å². The fourth-order valence-electron chi connectivity index (χ4n) is 2.80. The summed E-state index contributed by atoms with van der Waals surface area (Å²) in [6.07, 6.45) is 1.81. The number of H-pyrrole nitrogens is 1. The molecule has 0 radical (unpaired) electrons. The maximum absolute atomic E-state index is 11.0. The van der Waals surface area contributed by atoms with Crippen LogP contribution in [0.5, 0.6) is 0 Å². The van der Waals surface area contributed by atoms with Crippen LogP contribution in [-0.2, 0) is 0 Å². The summed E-state index contributed by atoms with van der Waals surface area (Å²) in [6.45, 7) is 0. The molecule has 0 atom stereocenters. The summed E-state index contributed by atoms with van der Waals surface area (Å²) in [5.41, 5.74) is 5.70. The maximum Gasteiger partial charge on any atom is 0.271 e. The van der Waals surface area contributed by atoms with Gasteiger partial charge < -0.3 is 4.98 Å². The molecule has 1 heterocycles. The number of aromatic nitrogens is 1. The van der Waals surface area contributed by atoms with Gasteiger partial charge in [-0.05, 0) is 24.3 Å². The second kappa shape index (κ2) is 8.13. The van der Waals surface area contributed by atoms with Crippen molar-refractivity contribution in [2.45, 2.75) is 0 Å². The quantitative estimate of drug-likeness (QED) is 0.153. The van der Waals surface area contributed by atoms with Crippen molar-refractivity contribution < 1.29 is 4.92 Å². The van der Waals surface area contributed by atoms with Crippen molar-refractivity contribution >= 4 is 33.8 Å². The van der Waals surface area contributed by atoms with Crippen LogP contribution in [0.4, 0.5) is 17.1 Å². The van der Waals surface area contributed by atoms with Crippen molar-refractivity contribution in [3.8, 4) is 0 Å². The van der Waals surface area contributed by atoms with Gasteiger partial charge in [-0.25, -0.2) is 0 Å². The number of fused-ring (bicyclic) bond motifs is 1. The standard InChI is InChI=1S/C21H16N6O2/c28-27(29)17-10-6-9-16(13-17)24-26-21(25-23-15-7-2-1-3-8-15)19-14-22-20-12-5-4-11-18(19)20/h1-14,22,24H/b25-23?,26-21-. The molecule has 0 aliphatic heterocycles. The Hall–Kier alpha value is -4.33. The van der Waals surface area contributed by atoms with Crippen molar-refractivity contribution in [2.75, 3.05) is 5.43 Å². The first kappa shape index (κ1) is 18.1. The maximum atomic E-state index is 11.0. The molecule has 0 aliphatic rings. The number of aromatic amines is 1. The molecule has 0 fully saturated rings. The third-order valence-corrected chi connectivity index (χ3v) is 4.19. The van der Waals surface area contributed by atoms with E-state index in [9.17, 15) is 10.1 Å². The lowest BCUT2D eigenvalue weighted by Crippen LogP contribution is -2.01. The minimum atomic E-state index is -0.454. The van der Waals surface area contributed by atoms with Crippen molar-refractivity contribution in [1.82, 2.24) is 4.98 Å². The summed E-state index contributed by atoms with van der Waals surface area (Å²) in [7, 11) is 0. The largest absolute Gasteiger partial charge is 0.360 e. The number of anilines is 1. The lowest BCUT2D eigenvalue weighted by Gasteiger charge is -2.03. The van der Waals surface area contributed by atoms with Gasteiger partial charge in [0.05, 0.1) is 16.3 Å². The van der Waals surface area contributed by atoms with E-state index in [4.69, 9.17) is 0 Å². The summed E-state index contributed by atoms with van der Waals surface area (Å²) in [6, 6.07) is 23.2. The number of amidine groups is 1. The molecular weight excluding hydrogens is 368 g/mol. The van der Waals surface area contributed by atoms with Crippen molar-refractivity contribution in [1.29, 1.82) is 0 Å². The molecule has 0 spiro atoms. The molecule has 0 saturated carbocycles. The highest BCUT2D eigenvalue weighted by Crippen LogP contribution is 2.22. The molecule has 2 N–H and O–H groups in total. The Kier molecular flexibility index (Phi) is 5.06. The summed E-state index contributed by atoms with van der Waals surface area (Å²) in [4.78, 5) is 13.7. The Labute approximate surface area is 165 Å². The number of nitro groups is 1. The van der Waals surface area contributed by atoms with Gasteiger partial charge in [0.15, 0.2) is 0 Å². The summed E-state index contributed by atoms with van der Waals surface area (Å²) in [5, 5.41) is 24.9. The van der Waals surface area contributed by atoms with Crippen LogP contribution in [0, 0.1) is 10.1 Å². The minimum absolute atomic E-state index is 0.0234. The first-order valence-corrected chi connectivity index (χ1v) is 8.82. The molecule has 0 aliphatic carbocycles. The second-order valence-corrected chi connectivity index (χ2v) is 6.14. The van der Waals surface area contributed by atoms with Crippen LogP contribution in [0.1, 0.15) is 5.56 Å². The van der Waals surface area contributed by atoms with E-state index in [1.165, 1.54) is 12.1 Å². The van der Waals surface area contributed by atoms with Gasteiger partial charge in [-0.1, -0.05) is 42.5 Å². The number of azo groups is 1. The van der Waals surface area contributed by atoms with E-state index < -0.39 is 4.92 Å². The summed E-state index contributed by atoms with van der Waals surface area (Å²) < 4.78 is 0. The minimum Gasteiger partial charge on any atom is -0.360 e. The molecule has 0 saturated heterocycles. The van der Waals surface area contributed by atoms with Gasteiger partial charge in [0.2, 0.25) is 5.84 Å². The number of rotatable bonds is 5. The molecule has 0 amide bonds. The molecule has 4 aromatic rings. The number of benzene rings is 3. The van der Waals surface area contributed by atoms with E-state index >= 15 is 0 Å². The highest BCUT2D eigenvalue weighted by molar-refractivity contribution is 6.10. The van der Waals surface area contributed by atoms with Crippen LogP contribution in [0.15, 0.2) is 100 Å². The van der Waals surface area contributed by atoms with Gasteiger partial charge in [0.25, 0.3) is 5.69 Å². The average molecular weight is 384 g/mol. The van der Waals surface area contributed by atoms with Crippen LogP contribution < -0.4 is 5.43 Å². The van der Waals surface area contributed by atoms with Crippen molar-refractivity contribution in [3.63, 3.8) is 0 Å². The van der Waals surface area contributed by atoms with Crippen LogP contribution in [0.2, 0.25) is 0 Å². The molecule has 0 bridgehead atoms. The Bertz CT molecular complexity index is 1210. The van der Waals surface area contributed by atoms with E-state index in [0.29, 0.717) is 17.2 Å². The van der Waals surface area contributed by atoms with Gasteiger partial charge in [-0.2, -0.15) is 5.10 Å². The highest BCUT2D eigenvalue weighted by atomic mass is 16.6. The van der Waals surface area contributed by atoms with Crippen molar-refractivity contribution in [2.24, 2.45) is 15.3 Å².